The third-order valence-electron chi connectivity index (χ3n) is 13.4. The average molecular weight is 959 g/mol. The molecule has 0 bridgehead atoms. The number of nitrogens with zero attached hydrogens (tertiary/aromatic N) is 5. The first-order valence-corrected chi connectivity index (χ1v) is 24.1. The topological polar surface area (TPSA) is 188 Å². The van der Waals surface area contributed by atoms with Crippen LogP contribution in [0.25, 0.3) is 28.0 Å². The van der Waals surface area contributed by atoms with Crippen LogP contribution < -0.4 is 10.6 Å². The van der Waals surface area contributed by atoms with Gasteiger partial charge in [0.05, 0.1) is 44.2 Å². The number of fused-ring (bicyclic) bond motifs is 1. The predicted octanol–water partition coefficient (Wildman–Crippen LogP) is 8.78. The fourth-order valence-electron chi connectivity index (χ4n) is 9.69. The van der Waals surface area contributed by atoms with Crippen molar-refractivity contribution in [2.24, 2.45) is 16.8 Å². The van der Waals surface area contributed by atoms with Crippen molar-refractivity contribution in [3.05, 3.63) is 107 Å². The molecule has 0 saturated carbocycles. The smallest absolute Gasteiger partial charge is 0.410 e. The molecule has 0 spiro atoms. The Bertz CT molecular complexity index is 2670. The Labute approximate surface area is 408 Å². The van der Waals surface area contributed by atoms with Gasteiger partial charge in [0.1, 0.15) is 35.4 Å². The average Bonchev–Trinajstić information content (AvgIpc) is 4.19. The Morgan fingerprint density at radius 1 is 0.800 bits per heavy atom. The van der Waals surface area contributed by atoms with Gasteiger partial charge in [0.2, 0.25) is 11.8 Å². The lowest BCUT2D eigenvalue weighted by Gasteiger charge is -2.31. The zero-order valence-corrected chi connectivity index (χ0v) is 41.1. The van der Waals surface area contributed by atoms with Gasteiger partial charge in [-0.2, -0.15) is 0 Å². The lowest BCUT2D eigenvalue weighted by Crippen LogP contribution is -2.54. The van der Waals surface area contributed by atoms with Crippen LogP contribution in [-0.4, -0.2) is 111 Å². The van der Waals surface area contributed by atoms with Crippen LogP contribution >= 0.6 is 0 Å². The van der Waals surface area contributed by atoms with Crippen LogP contribution in [0.4, 0.5) is 18.8 Å². The molecule has 5 heterocycles. The van der Waals surface area contributed by atoms with Crippen molar-refractivity contribution in [2.45, 2.75) is 123 Å². The number of rotatable bonds is 12. The Balaban J connectivity index is 0.925. The molecule has 3 aromatic carbocycles. The van der Waals surface area contributed by atoms with E-state index in [2.05, 4.69) is 44.9 Å². The first kappa shape index (κ1) is 49.4. The van der Waals surface area contributed by atoms with Crippen molar-refractivity contribution >= 4 is 41.4 Å². The number of alkyl carbamates (subject to hydrolysis) is 2. The largest absolute Gasteiger partial charge is 0.453 e. The van der Waals surface area contributed by atoms with E-state index in [1.807, 2.05) is 58.2 Å². The number of ether oxygens (including phenoxy) is 3. The van der Waals surface area contributed by atoms with Gasteiger partial charge in [-0.25, -0.2) is 23.8 Å². The van der Waals surface area contributed by atoms with Gasteiger partial charge in [-0.15, -0.1) is 0 Å². The molecule has 370 valence electrons. The number of nitrogens with one attached hydrogen (secondary N) is 3. The lowest BCUT2D eigenvalue weighted by atomic mass is 9.95. The van der Waals surface area contributed by atoms with Gasteiger partial charge >= 0.3 is 18.3 Å². The number of allylic oxidation sites excluding steroid dienone is 1. The van der Waals surface area contributed by atoms with Crippen LogP contribution in [0.3, 0.4) is 0 Å². The number of halogens is 1. The third-order valence-corrected chi connectivity index (χ3v) is 13.4. The molecule has 5 amide bonds. The van der Waals surface area contributed by atoms with E-state index in [1.165, 1.54) is 18.1 Å². The number of aliphatic imine (C=N–C) groups is 1. The summed E-state index contributed by atoms with van der Waals surface area (Å²) in [6.07, 6.45) is 3.32. The number of hydrogen-bond acceptors (Lipinski definition) is 10. The first-order chi connectivity index (χ1) is 33.4. The maximum absolute atomic E-state index is 14.6. The minimum absolute atomic E-state index is 0.0869. The minimum Gasteiger partial charge on any atom is -0.453 e. The van der Waals surface area contributed by atoms with Gasteiger partial charge in [0.25, 0.3) is 0 Å². The Morgan fingerprint density at radius 2 is 1.43 bits per heavy atom. The maximum Gasteiger partial charge on any atom is 0.410 e. The highest BCUT2D eigenvalue weighted by molar-refractivity contribution is 6.04. The van der Waals surface area contributed by atoms with Gasteiger partial charge in [-0.3, -0.25) is 19.5 Å². The fraction of sp³-hybridized carbons (Fsp3) is 0.453. The highest BCUT2D eigenvalue weighted by Crippen LogP contribution is 2.36. The zero-order valence-electron chi connectivity index (χ0n) is 41.1. The van der Waals surface area contributed by atoms with Gasteiger partial charge in [-0.1, -0.05) is 88.4 Å². The summed E-state index contributed by atoms with van der Waals surface area (Å²) in [4.78, 5) is 84.5. The molecule has 70 heavy (non-hydrogen) atoms. The van der Waals surface area contributed by atoms with E-state index in [0.717, 1.165) is 57.6 Å². The number of methoxy groups -OCH3 is 1. The molecule has 8 rings (SSSR count). The summed E-state index contributed by atoms with van der Waals surface area (Å²) in [5, 5.41) is 5.48. The molecule has 2 saturated heterocycles. The van der Waals surface area contributed by atoms with E-state index in [9.17, 15) is 28.4 Å². The number of H-pyrrole nitrogens is 1. The summed E-state index contributed by atoms with van der Waals surface area (Å²) >= 11 is 0. The second-order valence-corrected chi connectivity index (χ2v) is 20.2. The number of carbonyl (C=O) groups is 5. The molecule has 0 radical (unpaired) electrons. The molecular formula is C53H63FN8O8. The van der Waals surface area contributed by atoms with Crippen LogP contribution in [0.5, 0.6) is 0 Å². The molecule has 16 nitrogen and oxygen atoms in total. The summed E-state index contributed by atoms with van der Waals surface area (Å²) in [6, 6.07) is 18.8. The quantitative estimate of drug-likeness (QED) is 0.117. The van der Waals surface area contributed by atoms with Crippen LogP contribution in [-0.2, 0) is 36.9 Å². The maximum atomic E-state index is 14.6. The van der Waals surface area contributed by atoms with E-state index in [1.54, 1.807) is 48.9 Å². The first-order valence-electron chi connectivity index (χ1n) is 24.1. The molecule has 4 aromatic rings. The number of aromatic amines is 1. The van der Waals surface area contributed by atoms with Gasteiger partial charge in [0, 0.05) is 43.4 Å². The number of benzene rings is 3. The summed E-state index contributed by atoms with van der Waals surface area (Å²) in [5.41, 5.74) is 6.90. The fourth-order valence-corrected chi connectivity index (χ4v) is 9.69. The summed E-state index contributed by atoms with van der Waals surface area (Å²) in [6.45, 7) is 13.7. The molecular weight excluding hydrogens is 896 g/mol. The highest BCUT2D eigenvalue weighted by atomic mass is 19.1. The Kier molecular flexibility index (Phi) is 14.5. The van der Waals surface area contributed by atoms with Crippen molar-refractivity contribution in [1.29, 1.82) is 0 Å². The van der Waals surface area contributed by atoms with Gasteiger partial charge < -0.3 is 39.6 Å². The number of hydrogen-bond donors (Lipinski definition) is 3. The number of amides is 5. The van der Waals surface area contributed by atoms with Crippen molar-refractivity contribution in [3.63, 3.8) is 0 Å². The summed E-state index contributed by atoms with van der Waals surface area (Å²) in [7, 11) is 1.28. The van der Waals surface area contributed by atoms with Crippen LogP contribution in [0, 0.1) is 17.7 Å². The summed E-state index contributed by atoms with van der Waals surface area (Å²) < 4.78 is 30.9. The molecule has 0 aliphatic carbocycles. The normalized spacial score (nSPS) is 19.7. The highest BCUT2D eigenvalue weighted by Gasteiger charge is 2.45. The number of aromatic nitrogens is 2. The van der Waals surface area contributed by atoms with E-state index < -0.39 is 48.1 Å². The second kappa shape index (κ2) is 20.5. The number of imidazole rings is 1. The van der Waals surface area contributed by atoms with Crippen molar-refractivity contribution in [1.82, 2.24) is 35.3 Å². The van der Waals surface area contributed by atoms with Crippen molar-refractivity contribution in [3.8, 4) is 22.4 Å². The van der Waals surface area contributed by atoms with E-state index in [-0.39, 0.29) is 55.1 Å². The number of carbonyl (C=O) groups excluding carboxylic acids is 5. The second-order valence-electron chi connectivity index (χ2n) is 20.2. The molecule has 3 N–H and O–H groups in total. The van der Waals surface area contributed by atoms with Crippen molar-refractivity contribution < 1.29 is 42.6 Å². The zero-order chi connectivity index (χ0) is 50.0. The third kappa shape index (κ3) is 10.9. The molecule has 4 aliphatic rings. The molecule has 0 unspecified atom stereocenters. The van der Waals surface area contributed by atoms with E-state index in [4.69, 9.17) is 19.2 Å². The van der Waals surface area contributed by atoms with E-state index >= 15 is 0 Å². The number of likely N-dealkylation sites (tertiary alicyclic amines) is 2. The molecule has 5 atom stereocenters. The van der Waals surface area contributed by atoms with Gasteiger partial charge in [0.15, 0.2) is 0 Å². The Morgan fingerprint density at radius 3 is 2.06 bits per heavy atom. The standard InChI is InChI=1S/C53H63FN8O8/c1-30(2)45(58-50(65)68-8)48(63)61-22-10-13-43(61)47-56-26-42(57-47)35-20-18-33(19-21-35)32-14-16-34(17-15-32)37-23-41(55-25-37)44-24-38(69-52(67)60-27-36-11-9-12-40(54)39(36)29-60)28-62(44)49(64)46(31(3)4)59-51(66)70-53(5,6)7/h9,11-12,14-21,25-26,30-31,38,43-46H,10,13,22-24,27-29H2,1-8H3,(H,56,57)(H,58,65)(H,59,66)/t38-,43+,44+,45+,46+/m1/s1. The van der Waals surface area contributed by atoms with Crippen molar-refractivity contribution in [2.75, 3.05) is 20.2 Å². The molecule has 17 heteroatoms. The monoisotopic (exact) mass is 958 g/mol. The van der Waals surface area contributed by atoms with Gasteiger partial charge in [-0.05, 0) is 84.9 Å². The van der Waals surface area contributed by atoms with Crippen LogP contribution in [0.15, 0.2) is 84.1 Å². The molecule has 4 aliphatic heterocycles. The Hall–Kier alpha value is -7.04. The van der Waals surface area contributed by atoms with E-state index in [0.29, 0.717) is 30.8 Å². The predicted molar refractivity (Wildman–Crippen MR) is 261 cm³/mol. The van der Waals surface area contributed by atoms with Crippen LogP contribution in [0.1, 0.15) is 103 Å². The molecule has 1 aromatic heterocycles. The molecule has 2 fully saturated rings. The SMILES string of the molecule is COC(=O)N[C@H](C(=O)N1CCC[C@H]1c1ncc(-c2ccc(-c3ccc(C4=CN=C([C@@H]5C[C@@H](OC(=O)N6Cc7cccc(F)c7C6)CN5C(=O)[C@@H](NC(=O)OC(C)(C)C)C(C)C)C4)cc3)cc2)[nH]1)C(C)C. The van der Waals surface area contributed by atoms with Crippen LogP contribution in [0.2, 0.25) is 0 Å². The summed E-state index contributed by atoms with van der Waals surface area (Å²) in [5.74, 6) is -0.585. The lowest BCUT2D eigenvalue weighted by molar-refractivity contribution is -0.136. The minimum atomic E-state index is -0.919.